The van der Waals surface area contributed by atoms with Gasteiger partial charge in [-0.3, -0.25) is 14.4 Å². The number of thiophene rings is 1. The first-order valence-corrected chi connectivity index (χ1v) is 12.7. The van der Waals surface area contributed by atoms with Gasteiger partial charge in [-0.25, -0.2) is 0 Å². The van der Waals surface area contributed by atoms with Crippen LogP contribution in [0.2, 0.25) is 0 Å². The van der Waals surface area contributed by atoms with E-state index in [9.17, 15) is 14.4 Å². The molecule has 1 aliphatic rings. The summed E-state index contributed by atoms with van der Waals surface area (Å²) in [6.07, 6.45) is 7.80. The third kappa shape index (κ3) is 4.91. The van der Waals surface area contributed by atoms with Crippen molar-refractivity contribution in [1.29, 1.82) is 0 Å². The zero-order chi connectivity index (χ0) is 19.3. The summed E-state index contributed by atoms with van der Waals surface area (Å²) in [6, 6.07) is 10.4. The molecule has 1 N–H and O–H groups in total. The van der Waals surface area contributed by atoms with E-state index in [-0.39, 0.29) is 5.91 Å². The largest absolute Gasteiger partial charge is 0.321 e. The maximum absolute atomic E-state index is 12.9. The second kappa shape index (κ2) is 8.90. The number of Topliss-reactive ketones (excluding diaryl/α,β-unsaturated/α-hetero) is 1. The van der Waals surface area contributed by atoms with Gasteiger partial charge in [0.25, 0.3) is 5.91 Å². The Bertz CT molecular complexity index is 825. The van der Waals surface area contributed by atoms with Gasteiger partial charge < -0.3 is 5.32 Å². The third-order valence-electron chi connectivity index (χ3n) is 5.17. The predicted octanol–water partition coefficient (Wildman–Crippen LogP) is 4.78. The van der Waals surface area contributed by atoms with Crippen molar-refractivity contribution < 1.29 is 14.4 Å². The van der Waals surface area contributed by atoms with E-state index in [0.29, 0.717) is 23.0 Å². The summed E-state index contributed by atoms with van der Waals surface area (Å²) < 4.78 is 0. The molecule has 2 aromatic rings. The van der Waals surface area contributed by atoms with Gasteiger partial charge >= 0.3 is 0 Å². The molecule has 3 rings (SSSR count). The number of anilines is 1. The van der Waals surface area contributed by atoms with E-state index >= 15 is 0 Å². The smallest absolute Gasteiger partial charge is 0.261 e. The van der Waals surface area contributed by atoms with E-state index in [1.54, 1.807) is 0 Å². The van der Waals surface area contributed by atoms with Gasteiger partial charge in [-0.15, -0.1) is 11.3 Å². The van der Waals surface area contributed by atoms with Gasteiger partial charge in [0, 0.05) is 7.26 Å². The van der Waals surface area contributed by atoms with Gasteiger partial charge in [0.15, 0.2) is 6.29 Å². The van der Waals surface area contributed by atoms with E-state index in [4.69, 9.17) is 0 Å². The molecule has 0 unspecified atom stereocenters. The summed E-state index contributed by atoms with van der Waals surface area (Å²) in [6.45, 7) is 1.85. The molecule has 0 saturated carbocycles. The van der Waals surface area contributed by atoms with Gasteiger partial charge in [0.05, 0.1) is 24.2 Å². The number of nitrogens with one attached hydrogen (secondary N) is 1. The molecule has 1 fully saturated rings. The highest BCUT2D eigenvalue weighted by Gasteiger charge is 2.41. The topological polar surface area (TPSA) is 63.2 Å². The van der Waals surface area contributed by atoms with Gasteiger partial charge in [-0.1, -0.05) is 30.3 Å². The number of aldehydes is 1. The quantitative estimate of drug-likeness (QED) is 0.314. The van der Waals surface area contributed by atoms with Crippen LogP contribution < -0.4 is 5.32 Å². The van der Waals surface area contributed by atoms with Crippen molar-refractivity contribution in [2.24, 2.45) is 0 Å². The van der Waals surface area contributed by atoms with Crippen LogP contribution in [-0.4, -0.2) is 36.5 Å². The van der Waals surface area contributed by atoms with E-state index in [0.717, 1.165) is 24.0 Å². The van der Waals surface area contributed by atoms with Crippen molar-refractivity contribution in [1.82, 2.24) is 0 Å². The molecule has 0 aliphatic carbocycles. The van der Waals surface area contributed by atoms with Crippen molar-refractivity contribution in [2.45, 2.75) is 32.3 Å². The minimum Gasteiger partial charge on any atom is -0.321 e. The normalized spacial score (nSPS) is 15.9. The molecule has 1 aliphatic heterocycles. The maximum atomic E-state index is 12.9. The Kier molecular flexibility index (Phi) is 6.56. The Hall–Kier alpha value is -1.84. The van der Waals surface area contributed by atoms with Crippen molar-refractivity contribution in [3.05, 3.63) is 51.7 Å². The van der Waals surface area contributed by atoms with Crippen molar-refractivity contribution in [2.75, 3.05) is 23.8 Å². The second-order valence-corrected chi connectivity index (χ2v) is 12.4. The SMILES string of the molecule is Cc1csc(C(=O)C=O)c1NC(=O)C[P+]1(Cc2ccccc2)CCCCC1. The van der Waals surface area contributed by atoms with Crippen LogP contribution in [0.25, 0.3) is 0 Å². The fraction of sp³-hybridized carbons (Fsp3) is 0.381. The molecular weight excluding hydrogens is 377 g/mol. The van der Waals surface area contributed by atoms with Gasteiger partial charge in [0.1, 0.15) is 11.0 Å². The lowest BCUT2D eigenvalue weighted by molar-refractivity contribution is -0.114. The Labute approximate surface area is 164 Å². The molecule has 2 heterocycles. The number of carbonyl (C=O) groups excluding carboxylic acids is 3. The Morgan fingerprint density at radius 3 is 2.52 bits per heavy atom. The standard InChI is InChI=1S/C21H24NO3PS/c1-16-15-27-21(18(24)12-23)20(16)22-19(25)14-26(10-6-3-7-11-26)13-17-8-4-2-5-9-17/h2,4-5,8-9,12,15H,3,6-7,10-11,13-14H2,1H3/p+1. The van der Waals surface area contributed by atoms with Gasteiger partial charge in [-0.2, -0.15) is 0 Å². The maximum Gasteiger partial charge on any atom is 0.261 e. The van der Waals surface area contributed by atoms with Crippen LogP contribution in [0.3, 0.4) is 0 Å². The minimum atomic E-state index is -1.41. The van der Waals surface area contributed by atoms with E-state index < -0.39 is 13.0 Å². The van der Waals surface area contributed by atoms with Crippen molar-refractivity contribution >= 4 is 42.3 Å². The van der Waals surface area contributed by atoms with Crippen LogP contribution in [0, 0.1) is 6.92 Å². The monoisotopic (exact) mass is 402 g/mol. The van der Waals surface area contributed by atoms with E-state index in [1.807, 2.05) is 18.4 Å². The molecule has 0 atom stereocenters. The molecule has 1 aromatic heterocycles. The Balaban J connectivity index is 1.77. The van der Waals surface area contributed by atoms with Gasteiger partial charge in [0.2, 0.25) is 5.78 Å². The lowest BCUT2D eigenvalue weighted by Crippen LogP contribution is -2.25. The number of benzene rings is 1. The molecule has 0 bridgehead atoms. The number of aryl methyl sites for hydroxylation is 1. The summed E-state index contributed by atoms with van der Waals surface area (Å²) in [5, 5.41) is 4.76. The molecule has 1 saturated heterocycles. The Morgan fingerprint density at radius 1 is 1.15 bits per heavy atom. The number of carbonyl (C=O) groups is 3. The van der Waals surface area contributed by atoms with E-state index in [2.05, 4.69) is 29.6 Å². The predicted molar refractivity (Wildman–Crippen MR) is 114 cm³/mol. The number of hydrogen-bond acceptors (Lipinski definition) is 4. The first-order chi connectivity index (χ1) is 13.0. The zero-order valence-corrected chi connectivity index (χ0v) is 17.3. The molecular formula is C21H25NO3PS+. The molecule has 0 spiro atoms. The molecule has 1 amide bonds. The van der Waals surface area contributed by atoms with E-state index in [1.165, 1.54) is 36.2 Å². The summed E-state index contributed by atoms with van der Waals surface area (Å²) in [5.74, 6) is -0.600. The molecule has 4 nitrogen and oxygen atoms in total. The van der Waals surface area contributed by atoms with Crippen molar-refractivity contribution in [3.8, 4) is 0 Å². The lowest BCUT2D eigenvalue weighted by Gasteiger charge is -2.30. The highest BCUT2D eigenvalue weighted by molar-refractivity contribution is 7.76. The minimum absolute atomic E-state index is 0.0254. The number of hydrogen-bond donors (Lipinski definition) is 1. The fourth-order valence-electron chi connectivity index (χ4n) is 3.84. The average molecular weight is 402 g/mol. The lowest BCUT2D eigenvalue weighted by atomic mass is 10.2. The molecule has 1 aromatic carbocycles. The van der Waals surface area contributed by atoms with Crippen LogP contribution in [0.4, 0.5) is 5.69 Å². The highest BCUT2D eigenvalue weighted by atomic mass is 32.1. The van der Waals surface area contributed by atoms with Gasteiger partial charge in [-0.05, 0) is 42.7 Å². The highest BCUT2D eigenvalue weighted by Crippen LogP contribution is 2.64. The van der Waals surface area contributed by atoms with Crippen molar-refractivity contribution in [3.63, 3.8) is 0 Å². The average Bonchev–Trinajstić information content (AvgIpc) is 3.03. The number of ketones is 1. The first-order valence-electron chi connectivity index (χ1n) is 9.29. The van der Waals surface area contributed by atoms with Crippen LogP contribution in [0.5, 0.6) is 0 Å². The zero-order valence-electron chi connectivity index (χ0n) is 15.6. The van der Waals surface area contributed by atoms with Crippen LogP contribution in [0.1, 0.15) is 40.1 Å². The Morgan fingerprint density at radius 2 is 1.85 bits per heavy atom. The summed E-state index contributed by atoms with van der Waals surface area (Å²) in [7, 11) is -1.41. The summed E-state index contributed by atoms with van der Waals surface area (Å²) in [5.41, 5.74) is 2.65. The molecule has 6 heteroatoms. The molecule has 27 heavy (non-hydrogen) atoms. The molecule has 142 valence electrons. The first kappa shape index (κ1) is 19.9. The van der Waals surface area contributed by atoms with Crippen LogP contribution >= 0.6 is 18.6 Å². The number of rotatable bonds is 7. The molecule has 0 radical (unpaired) electrons. The second-order valence-electron chi connectivity index (χ2n) is 7.30. The fourth-order valence-corrected chi connectivity index (χ4v) is 9.18. The third-order valence-corrected chi connectivity index (χ3v) is 10.8. The number of amides is 1. The summed E-state index contributed by atoms with van der Waals surface area (Å²) in [4.78, 5) is 35.9. The van der Waals surface area contributed by atoms with Crippen LogP contribution in [0.15, 0.2) is 35.7 Å². The summed E-state index contributed by atoms with van der Waals surface area (Å²) >= 11 is 1.21. The van der Waals surface area contributed by atoms with Crippen LogP contribution in [-0.2, 0) is 15.8 Å².